The van der Waals surface area contributed by atoms with Crippen molar-refractivity contribution in [1.82, 2.24) is 0 Å². The van der Waals surface area contributed by atoms with Gasteiger partial charge in [-0.1, -0.05) is 5.92 Å². The lowest BCUT2D eigenvalue weighted by Gasteiger charge is -2.21. The Bertz CT molecular complexity index is 171. The van der Waals surface area contributed by atoms with Crippen LogP contribution in [0.1, 0.15) is 0 Å². The van der Waals surface area contributed by atoms with Crippen molar-refractivity contribution in [2.24, 2.45) is 0 Å². The summed E-state index contributed by atoms with van der Waals surface area (Å²) >= 11 is 0. The molecule has 3 nitrogen and oxygen atoms in total. The molecule has 0 aromatic carbocycles. The van der Waals surface area contributed by atoms with E-state index in [0.29, 0.717) is 0 Å². The van der Waals surface area contributed by atoms with Gasteiger partial charge in [0.15, 0.2) is 0 Å². The molecule has 0 bridgehead atoms. The highest BCUT2D eigenvalue weighted by Crippen LogP contribution is 2.07. The van der Waals surface area contributed by atoms with Crippen molar-refractivity contribution in [3.05, 3.63) is 0 Å². The molecule has 4 heteroatoms. The number of hydrogen-bond acceptors (Lipinski definition) is 1. The van der Waals surface area contributed by atoms with Crippen molar-refractivity contribution in [1.29, 1.82) is 0 Å². The van der Waals surface area contributed by atoms with Crippen LogP contribution in [0.15, 0.2) is 0 Å². The predicted molar refractivity (Wildman–Crippen MR) is 33.0 cm³/mol. The van der Waals surface area contributed by atoms with Gasteiger partial charge in [-0.25, -0.2) is 4.21 Å². The summed E-state index contributed by atoms with van der Waals surface area (Å²) in [7, 11) is -4.38. The molecule has 0 amide bonds. The average molecular weight is 136 g/mol. The van der Waals surface area contributed by atoms with E-state index in [1.54, 1.807) is 0 Å². The zero-order chi connectivity index (χ0) is 6.86. The molecule has 0 fully saturated rings. The summed E-state index contributed by atoms with van der Waals surface area (Å²) in [5.74, 6) is 1.38. The van der Waals surface area contributed by atoms with Crippen molar-refractivity contribution in [3.63, 3.8) is 0 Å². The smallest absolute Gasteiger partial charge is 0.107 e. The van der Waals surface area contributed by atoms with E-state index in [4.69, 9.17) is 9.11 Å². The Hall–Kier alpha value is -0.370. The minimum absolute atomic E-state index is 0.503. The minimum atomic E-state index is -4.38. The van der Waals surface area contributed by atoms with Crippen LogP contribution in [-0.4, -0.2) is 25.3 Å². The van der Waals surface area contributed by atoms with Gasteiger partial charge in [-0.15, -0.1) is 6.42 Å². The molecular weight excluding hydrogens is 128 g/mol. The highest BCUT2D eigenvalue weighted by atomic mass is 32.3. The monoisotopic (exact) mass is 136 g/mol. The fourth-order valence-electron chi connectivity index (χ4n) is 0.192. The first-order valence-electron chi connectivity index (χ1n) is 1.87. The molecule has 0 unspecified atom stereocenters. The molecular formula is C4H8O3S. The Labute approximate surface area is 48.2 Å². The molecule has 0 saturated heterocycles. The van der Waals surface area contributed by atoms with Crippen LogP contribution < -0.4 is 0 Å². The lowest BCUT2D eigenvalue weighted by Crippen LogP contribution is -2.32. The van der Waals surface area contributed by atoms with Crippen molar-refractivity contribution >= 4 is 9.63 Å². The van der Waals surface area contributed by atoms with Gasteiger partial charge in [0.25, 0.3) is 0 Å². The van der Waals surface area contributed by atoms with E-state index in [1.165, 1.54) is 0 Å². The molecule has 0 radical (unpaired) electrons. The quantitative estimate of drug-likeness (QED) is 0.499. The van der Waals surface area contributed by atoms with Gasteiger partial charge < -0.3 is 9.11 Å². The number of hydrogen-bond donors (Lipinski definition) is 2. The van der Waals surface area contributed by atoms with Gasteiger partial charge in [0.1, 0.15) is 5.75 Å². The van der Waals surface area contributed by atoms with Crippen molar-refractivity contribution in [2.45, 2.75) is 0 Å². The molecule has 0 atom stereocenters. The third kappa shape index (κ3) is 5.63. The molecule has 0 aromatic rings. The Morgan fingerprint density at radius 3 is 2.12 bits per heavy atom. The highest BCUT2D eigenvalue weighted by molar-refractivity contribution is 8.09. The first-order chi connectivity index (χ1) is 3.31. The highest BCUT2D eigenvalue weighted by Gasteiger charge is 2.19. The molecule has 0 spiro atoms. The Kier molecular flexibility index (Phi) is 1.48. The zero-order valence-electron chi connectivity index (χ0n) is 4.50. The standard InChI is InChI=1S/C4H8O3S/c1-3-4-8(2,5,6)7/h1H,4H2,2H3,(H2,5,6,7). The Balaban J connectivity index is 4.23. The van der Waals surface area contributed by atoms with Crippen molar-refractivity contribution < 1.29 is 13.3 Å². The van der Waals surface area contributed by atoms with Crippen molar-refractivity contribution in [3.8, 4) is 12.3 Å². The largest absolute Gasteiger partial charge is 0.307 e. The predicted octanol–water partition coefficient (Wildman–Crippen LogP) is 0.0155. The maximum atomic E-state index is 10.4. The summed E-state index contributed by atoms with van der Waals surface area (Å²) in [5.41, 5.74) is 0. The second kappa shape index (κ2) is 1.55. The Morgan fingerprint density at radius 2 is 2.12 bits per heavy atom. The van der Waals surface area contributed by atoms with E-state index in [-0.39, 0.29) is 0 Å². The first kappa shape index (κ1) is 7.63. The summed E-state index contributed by atoms with van der Waals surface area (Å²) in [6, 6.07) is 0. The lowest BCUT2D eigenvalue weighted by atomic mass is 10.8. The normalized spacial score (nSPS) is 16.0. The number of terminal acetylenes is 1. The Morgan fingerprint density at radius 1 is 1.75 bits per heavy atom. The molecule has 48 valence electrons. The van der Waals surface area contributed by atoms with Crippen LogP contribution in [0.5, 0.6) is 0 Å². The maximum absolute atomic E-state index is 10.4. The van der Waals surface area contributed by atoms with E-state index in [9.17, 15) is 4.21 Å². The van der Waals surface area contributed by atoms with E-state index in [0.717, 1.165) is 6.26 Å². The molecule has 0 aliphatic carbocycles. The topological polar surface area (TPSA) is 57.5 Å². The molecule has 8 heavy (non-hydrogen) atoms. The summed E-state index contributed by atoms with van der Waals surface area (Å²) < 4.78 is 27.3. The van der Waals surface area contributed by atoms with Crippen LogP contribution in [-0.2, 0) is 9.63 Å². The fourth-order valence-corrected chi connectivity index (χ4v) is 0.576. The van der Waals surface area contributed by atoms with E-state index in [2.05, 4.69) is 6.42 Å². The average Bonchev–Trinajstić information content (AvgIpc) is 1.25. The molecule has 0 heterocycles. The van der Waals surface area contributed by atoms with Gasteiger partial charge >= 0.3 is 0 Å². The second-order valence-electron chi connectivity index (χ2n) is 1.78. The summed E-state index contributed by atoms with van der Waals surface area (Å²) in [5, 5.41) is 0. The fraction of sp³-hybridized carbons (Fsp3) is 0.500. The van der Waals surface area contributed by atoms with Crippen LogP contribution in [0.4, 0.5) is 0 Å². The summed E-state index contributed by atoms with van der Waals surface area (Å²) in [4.78, 5) is 0. The third-order valence-electron chi connectivity index (χ3n) is 0.416. The summed E-state index contributed by atoms with van der Waals surface area (Å²) in [6.07, 6.45) is 5.47. The van der Waals surface area contributed by atoms with Crippen molar-refractivity contribution in [2.75, 3.05) is 12.0 Å². The van der Waals surface area contributed by atoms with Crippen LogP contribution in [0.3, 0.4) is 0 Å². The van der Waals surface area contributed by atoms with Gasteiger partial charge in [-0.3, -0.25) is 0 Å². The lowest BCUT2D eigenvalue weighted by molar-refractivity contribution is 0.403. The number of rotatable bonds is 1. The van der Waals surface area contributed by atoms with Gasteiger partial charge in [0.2, 0.25) is 0 Å². The maximum Gasteiger partial charge on any atom is 0.107 e. The molecule has 0 rings (SSSR count). The zero-order valence-corrected chi connectivity index (χ0v) is 5.31. The minimum Gasteiger partial charge on any atom is -0.307 e. The SMILES string of the molecule is C#CCS(C)(=O)(O)O. The van der Waals surface area contributed by atoms with Crippen LogP contribution in [0.25, 0.3) is 0 Å². The molecule has 0 saturated carbocycles. The van der Waals surface area contributed by atoms with Gasteiger partial charge in [-0.05, 0) is 0 Å². The second-order valence-corrected chi connectivity index (χ2v) is 4.92. The van der Waals surface area contributed by atoms with Gasteiger partial charge in [0, 0.05) is 6.26 Å². The molecule has 0 aliphatic heterocycles. The van der Waals surface area contributed by atoms with Crippen LogP contribution in [0.2, 0.25) is 0 Å². The molecule has 0 aromatic heterocycles. The van der Waals surface area contributed by atoms with Gasteiger partial charge in [-0.2, -0.15) is 0 Å². The van der Waals surface area contributed by atoms with Crippen LogP contribution in [0, 0.1) is 12.3 Å². The third-order valence-corrected chi connectivity index (χ3v) is 1.25. The van der Waals surface area contributed by atoms with Gasteiger partial charge in [0.05, 0.1) is 9.63 Å². The van der Waals surface area contributed by atoms with E-state index in [1.807, 2.05) is 5.92 Å². The van der Waals surface area contributed by atoms with E-state index < -0.39 is 15.4 Å². The molecule has 2 N–H and O–H groups in total. The summed E-state index contributed by atoms with van der Waals surface area (Å²) in [6.45, 7) is 0. The van der Waals surface area contributed by atoms with Crippen LogP contribution >= 0.6 is 0 Å². The van der Waals surface area contributed by atoms with E-state index >= 15 is 0 Å². The first-order valence-corrected chi connectivity index (χ1v) is 4.33. The molecule has 0 aliphatic rings.